The maximum absolute atomic E-state index is 5.45. The molecule has 1 rings (SSSR count). The SMILES string of the molecule is CO/N=C(\N)Nc1nc(C)cc(OC)n1. The summed E-state index contributed by atoms with van der Waals surface area (Å²) in [5.41, 5.74) is 6.21. The van der Waals surface area contributed by atoms with Crippen LogP contribution in [-0.2, 0) is 4.84 Å². The lowest BCUT2D eigenvalue weighted by Crippen LogP contribution is -2.24. The molecular formula is C8H13N5O2. The molecule has 0 amide bonds. The Morgan fingerprint density at radius 1 is 1.47 bits per heavy atom. The van der Waals surface area contributed by atoms with Gasteiger partial charge in [0, 0.05) is 11.8 Å². The number of methoxy groups -OCH3 is 1. The van der Waals surface area contributed by atoms with E-state index in [1.165, 1.54) is 14.2 Å². The Hall–Kier alpha value is -2.05. The molecule has 0 saturated heterocycles. The van der Waals surface area contributed by atoms with Crippen molar-refractivity contribution < 1.29 is 9.57 Å². The number of aromatic nitrogens is 2. The Balaban J connectivity index is 2.85. The maximum atomic E-state index is 5.45. The molecule has 0 aliphatic rings. The van der Waals surface area contributed by atoms with Gasteiger partial charge in [0.1, 0.15) is 7.11 Å². The van der Waals surface area contributed by atoms with Crippen molar-refractivity contribution in [3.05, 3.63) is 11.8 Å². The van der Waals surface area contributed by atoms with E-state index in [9.17, 15) is 0 Å². The molecule has 0 bridgehead atoms. The van der Waals surface area contributed by atoms with E-state index in [1.807, 2.05) is 6.92 Å². The van der Waals surface area contributed by atoms with Gasteiger partial charge in [0.25, 0.3) is 0 Å². The summed E-state index contributed by atoms with van der Waals surface area (Å²) in [6.45, 7) is 1.82. The number of ether oxygens (including phenoxy) is 1. The second-order valence-corrected chi connectivity index (χ2v) is 2.66. The van der Waals surface area contributed by atoms with Gasteiger partial charge in [-0.3, -0.25) is 5.32 Å². The third-order valence-electron chi connectivity index (χ3n) is 1.47. The van der Waals surface area contributed by atoms with Crippen molar-refractivity contribution in [1.82, 2.24) is 9.97 Å². The third kappa shape index (κ3) is 3.29. The molecule has 7 heteroatoms. The van der Waals surface area contributed by atoms with Crippen LogP contribution in [0.2, 0.25) is 0 Å². The minimum absolute atomic E-state index is 0.0742. The highest BCUT2D eigenvalue weighted by molar-refractivity contribution is 5.90. The molecule has 1 aromatic heterocycles. The molecule has 15 heavy (non-hydrogen) atoms. The Kier molecular flexibility index (Phi) is 3.67. The predicted octanol–water partition coefficient (Wildman–Crippen LogP) is 0.0816. The zero-order valence-corrected chi connectivity index (χ0v) is 8.81. The third-order valence-corrected chi connectivity index (χ3v) is 1.47. The summed E-state index contributed by atoms with van der Waals surface area (Å²) < 4.78 is 4.97. The van der Waals surface area contributed by atoms with Gasteiger partial charge in [0.2, 0.25) is 17.8 Å². The Morgan fingerprint density at radius 3 is 2.80 bits per heavy atom. The summed E-state index contributed by atoms with van der Waals surface area (Å²) >= 11 is 0. The topological polar surface area (TPSA) is 94.7 Å². The number of guanidine groups is 1. The van der Waals surface area contributed by atoms with E-state index in [4.69, 9.17) is 10.5 Å². The van der Waals surface area contributed by atoms with Crippen molar-refractivity contribution in [1.29, 1.82) is 0 Å². The fourth-order valence-corrected chi connectivity index (χ4v) is 0.936. The van der Waals surface area contributed by atoms with Crippen molar-refractivity contribution in [2.45, 2.75) is 6.92 Å². The van der Waals surface area contributed by atoms with Gasteiger partial charge in [-0.05, 0) is 12.1 Å². The van der Waals surface area contributed by atoms with E-state index in [-0.39, 0.29) is 5.96 Å². The number of oxime groups is 1. The first-order valence-electron chi connectivity index (χ1n) is 4.19. The van der Waals surface area contributed by atoms with Gasteiger partial charge in [-0.2, -0.15) is 4.98 Å². The molecule has 1 heterocycles. The number of nitrogens with one attached hydrogen (secondary N) is 1. The molecule has 0 fully saturated rings. The van der Waals surface area contributed by atoms with Crippen LogP contribution >= 0.6 is 0 Å². The van der Waals surface area contributed by atoms with Crippen molar-refractivity contribution in [2.24, 2.45) is 10.9 Å². The largest absolute Gasteiger partial charge is 0.481 e. The number of hydrogen-bond donors (Lipinski definition) is 2. The number of nitrogens with two attached hydrogens (primary N) is 1. The van der Waals surface area contributed by atoms with E-state index in [2.05, 4.69) is 25.3 Å². The molecule has 7 nitrogen and oxygen atoms in total. The number of nitrogens with zero attached hydrogens (tertiary/aromatic N) is 3. The maximum Gasteiger partial charge on any atom is 0.237 e. The molecule has 0 aliphatic carbocycles. The van der Waals surface area contributed by atoms with E-state index < -0.39 is 0 Å². The molecule has 0 saturated carbocycles. The normalized spacial score (nSPS) is 11.0. The first kappa shape index (κ1) is 11.0. The van der Waals surface area contributed by atoms with E-state index in [1.54, 1.807) is 6.07 Å². The van der Waals surface area contributed by atoms with Gasteiger partial charge in [-0.15, -0.1) is 0 Å². The lowest BCUT2D eigenvalue weighted by Gasteiger charge is -2.05. The number of rotatable bonds is 3. The zero-order chi connectivity index (χ0) is 11.3. The van der Waals surface area contributed by atoms with Gasteiger partial charge in [-0.25, -0.2) is 4.98 Å². The molecule has 82 valence electrons. The highest BCUT2D eigenvalue weighted by atomic mass is 16.6. The van der Waals surface area contributed by atoms with Crippen LogP contribution in [0.25, 0.3) is 0 Å². The summed E-state index contributed by atoms with van der Waals surface area (Å²) in [4.78, 5) is 12.6. The second-order valence-electron chi connectivity index (χ2n) is 2.66. The summed E-state index contributed by atoms with van der Waals surface area (Å²) in [5.74, 6) is 0.838. The van der Waals surface area contributed by atoms with Gasteiger partial charge in [0.15, 0.2) is 0 Å². The van der Waals surface area contributed by atoms with Crippen molar-refractivity contribution in [2.75, 3.05) is 19.5 Å². The van der Waals surface area contributed by atoms with Gasteiger partial charge >= 0.3 is 0 Å². The van der Waals surface area contributed by atoms with Crippen LogP contribution in [0.15, 0.2) is 11.2 Å². The minimum Gasteiger partial charge on any atom is -0.481 e. The van der Waals surface area contributed by atoms with Gasteiger partial charge in [0.05, 0.1) is 7.11 Å². The Morgan fingerprint density at radius 2 is 2.20 bits per heavy atom. The number of hydrogen-bond acceptors (Lipinski definition) is 5. The van der Waals surface area contributed by atoms with E-state index in [0.29, 0.717) is 11.8 Å². The van der Waals surface area contributed by atoms with Crippen LogP contribution in [0.1, 0.15) is 5.69 Å². The Labute approximate surface area is 87.3 Å². The van der Waals surface area contributed by atoms with Crippen molar-refractivity contribution >= 4 is 11.9 Å². The fraction of sp³-hybridized carbons (Fsp3) is 0.375. The fourth-order valence-electron chi connectivity index (χ4n) is 0.936. The molecule has 0 spiro atoms. The van der Waals surface area contributed by atoms with E-state index >= 15 is 0 Å². The van der Waals surface area contributed by atoms with Crippen LogP contribution < -0.4 is 15.8 Å². The quantitative estimate of drug-likeness (QED) is 0.417. The molecule has 0 unspecified atom stereocenters. The average Bonchev–Trinajstić information content (AvgIpc) is 2.17. The highest BCUT2D eigenvalue weighted by Gasteiger charge is 2.03. The first-order valence-corrected chi connectivity index (χ1v) is 4.19. The number of aryl methyl sites for hydroxylation is 1. The van der Waals surface area contributed by atoms with Crippen LogP contribution in [0, 0.1) is 6.92 Å². The minimum atomic E-state index is 0.0742. The number of anilines is 1. The zero-order valence-electron chi connectivity index (χ0n) is 8.81. The Bertz CT molecular complexity index is 366. The van der Waals surface area contributed by atoms with E-state index in [0.717, 1.165) is 5.69 Å². The molecular weight excluding hydrogens is 198 g/mol. The summed E-state index contributed by atoms with van der Waals surface area (Å²) in [6.07, 6.45) is 0. The van der Waals surface area contributed by atoms with Crippen molar-refractivity contribution in [3.63, 3.8) is 0 Å². The molecule has 3 N–H and O–H groups in total. The summed E-state index contributed by atoms with van der Waals surface area (Å²) in [7, 11) is 2.92. The lowest BCUT2D eigenvalue weighted by atomic mass is 10.4. The van der Waals surface area contributed by atoms with Crippen molar-refractivity contribution in [3.8, 4) is 5.88 Å². The smallest absolute Gasteiger partial charge is 0.237 e. The van der Waals surface area contributed by atoms with Crippen LogP contribution in [0.3, 0.4) is 0 Å². The predicted molar refractivity (Wildman–Crippen MR) is 55.6 cm³/mol. The van der Waals surface area contributed by atoms with Gasteiger partial charge < -0.3 is 15.3 Å². The van der Waals surface area contributed by atoms with Crippen LogP contribution in [0.5, 0.6) is 5.88 Å². The molecule has 1 aromatic rings. The molecule has 0 atom stereocenters. The molecule has 0 aromatic carbocycles. The van der Waals surface area contributed by atoms with Gasteiger partial charge in [-0.1, -0.05) is 0 Å². The molecule has 0 radical (unpaired) electrons. The molecule has 0 aliphatic heterocycles. The summed E-state index contributed by atoms with van der Waals surface area (Å²) in [5, 5.41) is 6.13. The first-order chi connectivity index (χ1) is 7.15. The highest BCUT2D eigenvalue weighted by Crippen LogP contribution is 2.10. The standard InChI is InChI=1S/C8H13N5O2/c1-5-4-6(14-2)11-8(10-5)12-7(9)13-15-3/h4H,1-3H3,(H3,9,10,11,12,13). The van der Waals surface area contributed by atoms with Crippen LogP contribution in [0.4, 0.5) is 5.95 Å². The monoisotopic (exact) mass is 211 g/mol. The summed E-state index contributed by atoms with van der Waals surface area (Å²) in [6, 6.07) is 1.70. The van der Waals surface area contributed by atoms with Crippen LogP contribution in [-0.4, -0.2) is 30.1 Å². The average molecular weight is 211 g/mol. The second kappa shape index (κ2) is 4.99. The lowest BCUT2D eigenvalue weighted by molar-refractivity contribution is 0.213.